The Bertz CT molecular complexity index is 909. The minimum absolute atomic E-state index is 0.261. The highest BCUT2D eigenvalue weighted by atomic mass is 16.5. The van der Waals surface area contributed by atoms with Crippen LogP contribution < -0.4 is 15.4 Å². The third-order valence-corrected chi connectivity index (χ3v) is 4.63. The standard InChI is InChI=1S/C21H28N4O3/c1-13-9-10-16(28-5)14(12-13)22-19(26)17-15-8-6-7-11-25(15)18(23-17)20(27)24-21(2,3)4/h9-10,12H,6-8,11H2,1-5H3,(H,22,26)(H,24,27). The summed E-state index contributed by atoms with van der Waals surface area (Å²) in [4.78, 5) is 30.2. The molecule has 0 spiro atoms. The summed E-state index contributed by atoms with van der Waals surface area (Å²) in [6.07, 6.45) is 2.66. The minimum atomic E-state index is -0.379. The molecule has 0 radical (unpaired) electrons. The number of aromatic nitrogens is 2. The third kappa shape index (κ3) is 4.18. The fourth-order valence-corrected chi connectivity index (χ4v) is 3.40. The number of ether oxygens (including phenoxy) is 1. The summed E-state index contributed by atoms with van der Waals surface area (Å²) in [5, 5.41) is 5.84. The number of amides is 2. The van der Waals surface area contributed by atoms with E-state index in [1.165, 1.54) is 0 Å². The van der Waals surface area contributed by atoms with Crippen molar-refractivity contribution in [2.75, 3.05) is 12.4 Å². The highest BCUT2D eigenvalue weighted by molar-refractivity contribution is 6.05. The SMILES string of the molecule is COc1ccc(C)cc1NC(=O)c1nc(C(=O)NC(C)(C)C)n2c1CCCC2. The Morgan fingerprint density at radius 3 is 2.61 bits per heavy atom. The molecule has 0 atom stereocenters. The molecule has 1 aromatic carbocycles. The zero-order valence-corrected chi connectivity index (χ0v) is 17.2. The van der Waals surface area contributed by atoms with Gasteiger partial charge in [0, 0.05) is 12.1 Å². The van der Waals surface area contributed by atoms with Gasteiger partial charge >= 0.3 is 0 Å². The van der Waals surface area contributed by atoms with Crippen LogP contribution in [0.2, 0.25) is 0 Å². The van der Waals surface area contributed by atoms with Gasteiger partial charge in [-0.3, -0.25) is 9.59 Å². The van der Waals surface area contributed by atoms with Crippen LogP contribution in [0.3, 0.4) is 0 Å². The van der Waals surface area contributed by atoms with Crippen LogP contribution in [-0.4, -0.2) is 34.0 Å². The Morgan fingerprint density at radius 1 is 1.18 bits per heavy atom. The van der Waals surface area contributed by atoms with Crippen molar-refractivity contribution in [3.8, 4) is 5.75 Å². The number of fused-ring (bicyclic) bond motifs is 1. The van der Waals surface area contributed by atoms with Gasteiger partial charge in [0.1, 0.15) is 5.75 Å². The number of benzene rings is 1. The van der Waals surface area contributed by atoms with Gasteiger partial charge in [-0.05, 0) is 64.7 Å². The fourth-order valence-electron chi connectivity index (χ4n) is 3.40. The average Bonchev–Trinajstić information content (AvgIpc) is 3.00. The first-order valence-corrected chi connectivity index (χ1v) is 9.57. The van der Waals surface area contributed by atoms with Crippen molar-refractivity contribution in [2.45, 2.75) is 59.0 Å². The predicted molar refractivity (Wildman–Crippen MR) is 108 cm³/mol. The van der Waals surface area contributed by atoms with E-state index in [0.717, 1.165) is 30.5 Å². The number of hydrogen-bond donors (Lipinski definition) is 2. The Kier molecular flexibility index (Phi) is 5.45. The van der Waals surface area contributed by atoms with Crippen LogP contribution in [0.15, 0.2) is 18.2 Å². The first-order chi connectivity index (χ1) is 13.2. The van der Waals surface area contributed by atoms with Gasteiger partial charge in [-0.25, -0.2) is 4.98 Å². The van der Waals surface area contributed by atoms with Crippen molar-refractivity contribution < 1.29 is 14.3 Å². The third-order valence-electron chi connectivity index (χ3n) is 4.63. The molecule has 3 rings (SSSR count). The highest BCUT2D eigenvalue weighted by Gasteiger charge is 2.29. The van der Waals surface area contributed by atoms with E-state index < -0.39 is 0 Å². The van der Waals surface area contributed by atoms with Gasteiger partial charge in [0.2, 0.25) is 0 Å². The summed E-state index contributed by atoms with van der Waals surface area (Å²) < 4.78 is 7.23. The van der Waals surface area contributed by atoms with E-state index in [9.17, 15) is 9.59 Å². The topological polar surface area (TPSA) is 85.2 Å². The van der Waals surface area contributed by atoms with Gasteiger partial charge in [-0.2, -0.15) is 0 Å². The monoisotopic (exact) mass is 384 g/mol. The average molecular weight is 384 g/mol. The van der Waals surface area contributed by atoms with Crippen LogP contribution in [0.1, 0.15) is 66.0 Å². The maximum absolute atomic E-state index is 13.0. The first kappa shape index (κ1) is 19.9. The van der Waals surface area contributed by atoms with Gasteiger partial charge < -0.3 is 19.9 Å². The van der Waals surface area contributed by atoms with E-state index in [0.29, 0.717) is 29.5 Å². The lowest BCUT2D eigenvalue weighted by molar-refractivity contribution is 0.0903. The van der Waals surface area contributed by atoms with E-state index >= 15 is 0 Å². The van der Waals surface area contributed by atoms with Crippen LogP contribution >= 0.6 is 0 Å². The van der Waals surface area contributed by atoms with Gasteiger partial charge in [-0.1, -0.05) is 6.07 Å². The highest BCUT2D eigenvalue weighted by Crippen LogP contribution is 2.27. The number of nitrogens with zero attached hydrogens (tertiary/aromatic N) is 2. The van der Waals surface area contributed by atoms with Crippen molar-refractivity contribution in [3.05, 3.63) is 41.0 Å². The van der Waals surface area contributed by atoms with E-state index in [4.69, 9.17) is 4.74 Å². The number of nitrogens with one attached hydrogen (secondary N) is 2. The quantitative estimate of drug-likeness (QED) is 0.847. The van der Waals surface area contributed by atoms with Gasteiger partial charge in [0.15, 0.2) is 11.5 Å². The maximum Gasteiger partial charge on any atom is 0.287 e. The fraction of sp³-hybridized carbons (Fsp3) is 0.476. The van der Waals surface area contributed by atoms with Crippen molar-refractivity contribution in [2.24, 2.45) is 0 Å². The first-order valence-electron chi connectivity index (χ1n) is 9.57. The molecular weight excluding hydrogens is 356 g/mol. The number of imidazole rings is 1. The Labute approximate surface area is 165 Å². The molecule has 2 aromatic rings. The zero-order valence-electron chi connectivity index (χ0n) is 17.2. The molecule has 2 heterocycles. The summed E-state index contributed by atoms with van der Waals surface area (Å²) in [5.74, 6) is 0.288. The number of hydrogen-bond acceptors (Lipinski definition) is 4. The lowest BCUT2D eigenvalue weighted by Gasteiger charge is -2.22. The van der Waals surface area contributed by atoms with Crippen molar-refractivity contribution >= 4 is 17.5 Å². The van der Waals surface area contributed by atoms with Crippen molar-refractivity contribution in [1.29, 1.82) is 0 Å². The lowest BCUT2D eigenvalue weighted by atomic mass is 10.1. The van der Waals surface area contributed by atoms with Crippen LogP contribution in [0, 0.1) is 6.92 Å². The molecule has 0 saturated heterocycles. The van der Waals surface area contributed by atoms with E-state index in [2.05, 4.69) is 15.6 Å². The second kappa shape index (κ2) is 7.66. The van der Waals surface area contributed by atoms with Crippen LogP contribution in [-0.2, 0) is 13.0 Å². The number of rotatable bonds is 4. The number of carbonyl (C=O) groups excluding carboxylic acids is 2. The largest absolute Gasteiger partial charge is 0.495 e. The van der Waals surface area contributed by atoms with Crippen LogP contribution in [0.5, 0.6) is 5.75 Å². The molecule has 7 heteroatoms. The normalized spacial score (nSPS) is 13.6. The van der Waals surface area contributed by atoms with Gasteiger partial charge in [0.25, 0.3) is 11.8 Å². The lowest BCUT2D eigenvalue weighted by Crippen LogP contribution is -2.42. The number of methoxy groups -OCH3 is 1. The molecule has 7 nitrogen and oxygen atoms in total. The molecule has 0 unspecified atom stereocenters. The second-order valence-electron chi connectivity index (χ2n) is 8.20. The summed E-state index contributed by atoms with van der Waals surface area (Å²) in [5.41, 5.74) is 2.34. The molecule has 0 bridgehead atoms. The molecule has 1 aliphatic heterocycles. The molecule has 0 aliphatic carbocycles. The molecule has 150 valence electrons. The molecule has 2 N–H and O–H groups in total. The minimum Gasteiger partial charge on any atom is -0.495 e. The molecular formula is C21H28N4O3. The second-order valence-corrected chi connectivity index (χ2v) is 8.20. The van der Waals surface area contributed by atoms with Crippen molar-refractivity contribution in [1.82, 2.24) is 14.9 Å². The number of anilines is 1. The Hall–Kier alpha value is -2.83. The van der Waals surface area contributed by atoms with E-state index in [1.807, 2.05) is 50.5 Å². The summed E-state index contributed by atoms with van der Waals surface area (Å²) in [6, 6.07) is 5.59. The molecule has 2 amide bonds. The molecule has 28 heavy (non-hydrogen) atoms. The van der Waals surface area contributed by atoms with E-state index in [-0.39, 0.29) is 17.4 Å². The molecule has 0 saturated carbocycles. The number of carbonyl (C=O) groups is 2. The molecule has 0 fully saturated rings. The number of aryl methyl sites for hydroxylation is 1. The van der Waals surface area contributed by atoms with Crippen LogP contribution in [0.25, 0.3) is 0 Å². The summed E-state index contributed by atoms with van der Waals surface area (Å²) in [6.45, 7) is 8.40. The smallest absolute Gasteiger partial charge is 0.287 e. The Morgan fingerprint density at radius 2 is 1.93 bits per heavy atom. The van der Waals surface area contributed by atoms with E-state index in [1.54, 1.807) is 7.11 Å². The van der Waals surface area contributed by atoms with Gasteiger partial charge in [0.05, 0.1) is 18.5 Å². The van der Waals surface area contributed by atoms with Crippen molar-refractivity contribution in [3.63, 3.8) is 0 Å². The Balaban J connectivity index is 1.95. The molecule has 1 aromatic heterocycles. The molecule has 1 aliphatic rings. The zero-order chi connectivity index (χ0) is 20.5. The summed E-state index contributed by atoms with van der Waals surface area (Å²) in [7, 11) is 1.56. The summed E-state index contributed by atoms with van der Waals surface area (Å²) >= 11 is 0. The van der Waals surface area contributed by atoms with Crippen LogP contribution in [0.4, 0.5) is 5.69 Å². The maximum atomic E-state index is 13.0. The van der Waals surface area contributed by atoms with Gasteiger partial charge in [-0.15, -0.1) is 0 Å². The predicted octanol–water partition coefficient (Wildman–Crippen LogP) is 3.32.